The van der Waals surface area contributed by atoms with Crippen molar-refractivity contribution in [3.63, 3.8) is 0 Å². The Morgan fingerprint density at radius 2 is 1.43 bits per heavy atom. The lowest BCUT2D eigenvalue weighted by Gasteiger charge is -2.28. The zero-order valence-corrected chi connectivity index (χ0v) is 18.6. The molecule has 0 saturated heterocycles. The Hall–Kier alpha value is -1.14. The van der Waals surface area contributed by atoms with Gasteiger partial charge in [-0.25, -0.2) is 0 Å². The molecule has 0 saturated carbocycles. The van der Waals surface area contributed by atoms with Gasteiger partial charge < -0.3 is 19.4 Å². The van der Waals surface area contributed by atoms with Gasteiger partial charge in [0.2, 0.25) is 0 Å². The van der Waals surface area contributed by atoms with Crippen LogP contribution in [0, 0.1) is 0 Å². The fourth-order valence-corrected chi connectivity index (χ4v) is 3.32. The van der Waals surface area contributed by atoms with Gasteiger partial charge >= 0.3 is 11.9 Å². The molecule has 6 nitrogen and oxygen atoms in total. The first-order valence-electron chi connectivity index (χ1n) is 11.0. The van der Waals surface area contributed by atoms with Gasteiger partial charge in [0.1, 0.15) is 6.54 Å². The minimum Gasteiger partial charge on any atom is -0.481 e. The van der Waals surface area contributed by atoms with E-state index in [1.807, 2.05) is 21.1 Å². The summed E-state index contributed by atoms with van der Waals surface area (Å²) in [7, 11) is 5.83. The van der Waals surface area contributed by atoms with Gasteiger partial charge in [-0.2, -0.15) is 0 Å². The molecule has 6 heteroatoms. The van der Waals surface area contributed by atoms with E-state index >= 15 is 0 Å². The number of carbonyl (C=O) groups is 2. The van der Waals surface area contributed by atoms with Crippen molar-refractivity contribution in [1.82, 2.24) is 0 Å². The van der Waals surface area contributed by atoms with E-state index in [2.05, 4.69) is 6.92 Å². The predicted molar refractivity (Wildman–Crippen MR) is 112 cm³/mol. The third-order valence-electron chi connectivity index (χ3n) is 4.76. The monoisotopic (exact) mass is 402 g/mol. The molecule has 0 aliphatic heterocycles. The van der Waals surface area contributed by atoms with Gasteiger partial charge in [0, 0.05) is 6.42 Å². The number of likely N-dealkylation sites (N-methyl/N-ethyl adjacent to an activating group) is 1. The lowest BCUT2D eigenvalue weighted by molar-refractivity contribution is -0.873. The van der Waals surface area contributed by atoms with Crippen LogP contribution in [0.3, 0.4) is 0 Å². The van der Waals surface area contributed by atoms with Crippen LogP contribution in [0.5, 0.6) is 0 Å². The number of nitrogens with zero attached hydrogens (tertiary/aromatic N) is 1. The van der Waals surface area contributed by atoms with E-state index in [4.69, 9.17) is 9.84 Å². The molecular formula is C22H44NO5+. The first kappa shape index (κ1) is 26.9. The molecule has 0 amide bonds. The van der Waals surface area contributed by atoms with Crippen molar-refractivity contribution in [3.05, 3.63) is 0 Å². The Bertz CT molecular complexity index is 420. The summed E-state index contributed by atoms with van der Waals surface area (Å²) in [6, 6.07) is 0. The van der Waals surface area contributed by atoms with Crippen LogP contribution < -0.4 is 0 Å². The van der Waals surface area contributed by atoms with E-state index in [1.165, 1.54) is 32.1 Å². The number of aliphatic hydroxyl groups is 1. The largest absolute Gasteiger partial charge is 0.481 e. The van der Waals surface area contributed by atoms with Gasteiger partial charge in [-0.15, -0.1) is 0 Å². The van der Waals surface area contributed by atoms with Crippen molar-refractivity contribution in [2.24, 2.45) is 0 Å². The van der Waals surface area contributed by atoms with Crippen molar-refractivity contribution < 1.29 is 29.0 Å². The summed E-state index contributed by atoms with van der Waals surface area (Å²) in [5, 5.41) is 19.0. The van der Waals surface area contributed by atoms with E-state index in [1.54, 1.807) is 0 Å². The number of carbonyl (C=O) groups excluding carboxylic acids is 1. The molecule has 0 rings (SSSR count). The number of hydrogen-bond donors (Lipinski definition) is 2. The Morgan fingerprint density at radius 1 is 0.893 bits per heavy atom. The van der Waals surface area contributed by atoms with Crippen molar-refractivity contribution in [3.8, 4) is 0 Å². The van der Waals surface area contributed by atoms with Crippen LogP contribution in [0.1, 0.15) is 90.4 Å². The normalized spacial score (nSPS) is 13.9. The number of carboxylic acid groups (broad SMARTS) is 1. The first-order chi connectivity index (χ1) is 13.1. The summed E-state index contributed by atoms with van der Waals surface area (Å²) >= 11 is 0. The van der Waals surface area contributed by atoms with E-state index in [0.717, 1.165) is 32.1 Å². The summed E-state index contributed by atoms with van der Waals surface area (Å²) in [6.07, 6.45) is 10.9. The van der Waals surface area contributed by atoms with E-state index in [9.17, 15) is 14.7 Å². The third-order valence-corrected chi connectivity index (χ3v) is 4.76. The molecular weight excluding hydrogens is 358 g/mol. The lowest BCUT2D eigenvalue weighted by Crippen LogP contribution is -2.43. The topological polar surface area (TPSA) is 83.8 Å². The standard InChI is InChI=1S/C22H43NO5/c1-5-6-7-8-9-11-14-19(24)15-12-10-13-16-22(27)28-20(17-21(25)26)18-23(2,3)4/h19-20,24H,5-18H2,1-4H3/p+1. The molecule has 2 atom stereocenters. The molecule has 2 unspecified atom stereocenters. The van der Waals surface area contributed by atoms with Gasteiger partial charge in [-0.05, 0) is 19.3 Å². The highest BCUT2D eigenvalue weighted by molar-refractivity contribution is 5.71. The maximum Gasteiger partial charge on any atom is 0.307 e. The Labute approximate surface area is 171 Å². The van der Waals surface area contributed by atoms with Crippen LogP contribution in [-0.2, 0) is 14.3 Å². The molecule has 166 valence electrons. The average molecular weight is 403 g/mol. The number of ether oxygens (including phenoxy) is 1. The third kappa shape index (κ3) is 18.2. The Morgan fingerprint density at radius 3 is 1.96 bits per heavy atom. The maximum absolute atomic E-state index is 12.0. The van der Waals surface area contributed by atoms with E-state index in [-0.39, 0.29) is 18.5 Å². The minimum absolute atomic E-state index is 0.161. The van der Waals surface area contributed by atoms with E-state index in [0.29, 0.717) is 23.9 Å². The van der Waals surface area contributed by atoms with Crippen molar-refractivity contribution in [2.75, 3.05) is 27.7 Å². The predicted octanol–water partition coefficient (Wildman–Crippen LogP) is 4.14. The van der Waals surface area contributed by atoms with Gasteiger partial charge in [0.05, 0.1) is 33.7 Å². The van der Waals surface area contributed by atoms with Crippen LogP contribution in [0.15, 0.2) is 0 Å². The summed E-state index contributed by atoms with van der Waals surface area (Å²) < 4.78 is 5.92. The molecule has 0 aromatic carbocycles. The Kier molecular flexibility index (Phi) is 15.1. The minimum atomic E-state index is -0.953. The summed E-state index contributed by atoms with van der Waals surface area (Å²) in [4.78, 5) is 23.0. The lowest BCUT2D eigenvalue weighted by atomic mass is 10.0. The van der Waals surface area contributed by atoms with Gasteiger partial charge in [0.25, 0.3) is 0 Å². The summed E-state index contributed by atoms with van der Waals surface area (Å²) in [5.74, 6) is -1.28. The Balaban J connectivity index is 3.82. The zero-order chi connectivity index (χ0) is 21.4. The van der Waals surface area contributed by atoms with E-state index < -0.39 is 12.1 Å². The molecule has 0 fully saturated rings. The summed E-state index contributed by atoms with van der Waals surface area (Å²) in [5.41, 5.74) is 0. The second-order valence-electron chi connectivity index (χ2n) is 8.99. The quantitative estimate of drug-likeness (QED) is 0.204. The number of aliphatic hydroxyl groups excluding tert-OH is 1. The number of aliphatic carboxylic acids is 1. The van der Waals surface area contributed by atoms with Crippen LogP contribution in [-0.4, -0.2) is 66.5 Å². The smallest absolute Gasteiger partial charge is 0.307 e. The first-order valence-corrected chi connectivity index (χ1v) is 11.0. The fraction of sp³-hybridized carbons (Fsp3) is 0.909. The highest BCUT2D eigenvalue weighted by atomic mass is 16.5. The summed E-state index contributed by atoms with van der Waals surface area (Å²) in [6.45, 7) is 2.69. The van der Waals surface area contributed by atoms with Crippen molar-refractivity contribution in [1.29, 1.82) is 0 Å². The second kappa shape index (κ2) is 15.7. The highest BCUT2D eigenvalue weighted by Gasteiger charge is 2.24. The second-order valence-corrected chi connectivity index (χ2v) is 8.99. The molecule has 0 bridgehead atoms. The number of rotatable bonds is 18. The molecule has 0 aliphatic carbocycles. The number of quaternary nitrogens is 1. The van der Waals surface area contributed by atoms with Gasteiger partial charge in [-0.3, -0.25) is 9.59 Å². The number of carboxylic acids is 1. The molecule has 0 aromatic heterocycles. The van der Waals surface area contributed by atoms with Crippen molar-refractivity contribution >= 4 is 11.9 Å². The maximum atomic E-state index is 12.0. The van der Waals surface area contributed by atoms with Crippen LogP contribution >= 0.6 is 0 Å². The molecule has 0 radical (unpaired) electrons. The fourth-order valence-electron chi connectivity index (χ4n) is 3.32. The van der Waals surface area contributed by atoms with Crippen LogP contribution in [0.25, 0.3) is 0 Å². The van der Waals surface area contributed by atoms with Gasteiger partial charge in [-0.1, -0.05) is 58.3 Å². The number of hydrogen-bond acceptors (Lipinski definition) is 4. The van der Waals surface area contributed by atoms with Gasteiger partial charge in [0.15, 0.2) is 6.10 Å². The number of esters is 1. The van der Waals surface area contributed by atoms with Crippen LogP contribution in [0.4, 0.5) is 0 Å². The average Bonchev–Trinajstić information content (AvgIpc) is 2.55. The number of unbranched alkanes of at least 4 members (excludes halogenated alkanes) is 7. The molecule has 2 N–H and O–H groups in total. The zero-order valence-electron chi connectivity index (χ0n) is 18.6. The molecule has 0 heterocycles. The molecule has 0 spiro atoms. The molecule has 0 aliphatic rings. The SMILES string of the molecule is CCCCCCCCC(O)CCCCCC(=O)OC(CC(=O)O)C[N+](C)(C)C. The molecule has 0 aromatic rings. The van der Waals surface area contributed by atoms with Crippen molar-refractivity contribution in [2.45, 2.75) is 103 Å². The molecule has 28 heavy (non-hydrogen) atoms. The van der Waals surface area contributed by atoms with Crippen LogP contribution in [0.2, 0.25) is 0 Å². The highest BCUT2D eigenvalue weighted by Crippen LogP contribution is 2.14.